The second kappa shape index (κ2) is 11.7. The van der Waals surface area contributed by atoms with Crippen molar-refractivity contribution in [2.75, 3.05) is 13.1 Å². The number of carbonyl (C=O) groups is 2. The third kappa shape index (κ3) is 7.39. The molecule has 2 aliphatic rings. The van der Waals surface area contributed by atoms with Crippen LogP contribution in [0, 0.1) is 11.8 Å². The van der Waals surface area contributed by atoms with E-state index in [1.54, 1.807) is 0 Å². The topological polar surface area (TPSA) is 84.2 Å². The number of hydrogen-bond donors (Lipinski definition) is 3. The standard InChI is InChI=1S/C18H33N3O2.ClH/c19-12-16(15-8-2-1-3-9-15)21-18(23)13-20-17(22)11-10-14-6-4-5-7-14;/h14-16H,1-13,19H2,(H,20,22)(H,21,23);1H. The molecule has 2 aliphatic carbocycles. The Labute approximate surface area is 152 Å². The van der Waals surface area contributed by atoms with Crippen molar-refractivity contribution in [1.82, 2.24) is 10.6 Å². The number of rotatable bonds is 8. The molecule has 1 unspecified atom stereocenters. The van der Waals surface area contributed by atoms with Gasteiger partial charge in [0, 0.05) is 19.0 Å². The Morgan fingerprint density at radius 2 is 1.58 bits per heavy atom. The van der Waals surface area contributed by atoms with E-state index in [2.05, 4.69) is 10.6 Å². The van der Waals surface area contributed by atoms with Crippen LogP contribution in [0.2, 0.25) is 0 Å². The molecular formula is C18H34ClN3O2. The maximum absolute atomic E-state index is 12.0. The molecule has 2 rings (SSSR count). The fraction of sp³-hybridized carbons (Fsp3) is 0.889. The van der Waals surface area contributed by atoms with Gasteiger partial charge in [0.1, 0.15) is 0 Å². The summed E-state index contributed by atoms with van der Waals surface area (Å²) in [6.07, 6.45) is 12.7. The summed E-state index contributed by atoms with van der Waals surface area (Å²) in [7, 11) is 0. The van der Waals surface area contributed by atoms with Crippen molar-refractivity contribution in [2.24, 2.45) is 17.6 Å². The van der Waals surface area contributed by atoms with Gasteiger partial charge in [0.05, 0.1) is 6.54 Å². The first-order chi connectivity index (χ1) is 11.2. The summed E-state index contributed by atoms with van der Waals surface area (Å²) in [5.41, 5.74) is 5.82. The van der Waals surface area contributed by atoms with Crippen LogP contribution < -0.4 is 16.4 Å². The van der Waals surface area contributed by atoms with Gasteiger partial charge in [-0.1, -0.05) is 44.9 Å². The van der Waals surface area contributed by atoms with Gasteiger partial charge in [-0.2, -0.15) is 0 Å². The predicted molar refractivity (Wildman–Crippen MR) is 99.0 cm³/mol. The molecule has 0 bridgehead atoms. The van der Waals surface area contributed by atoms with E-state index < -0.39 is 0 Å². The van der Waals surface area contributed by atoms with Crippen molar-refractivity contribution < 1.29 is 9.59 Å². The van der Waals surface area contributed by atoms with Crippen LogP contribution >= 0.6 is 12.4 Å². The second-order valence-corrected chi connectivity index (χ2v) is 7.27. The van der Waals surface area contributed by atoms with Gasteiger partial charge in [-0.3, -0.25) is 9.59 Å². The molecule has 2 amide bonds. The quantitative estimate of drug-likeness (QED) is 0.622. The first kappa shape index (κ1) is 21.2. The summed E-state index contributed by atoms with van der Waals surface area (Å²) in [5.74, 6) is 1.09. The highest BCUT2D eigenvalue weighted by Crippen LogP contribution is 2.28. The monoisotopic (exact) mass is 359 g/mol. The summed E-state index contributed by atoms with van der Waals surface area (Å²) >= 11 is 0. The maximum atomic E-state index is 12.0. The van der Waals surface area contributed by atoms with Crippen molar-refractivity contribution in [3.63, 3.8) is 0 Å². The van der Waals surface area contributed by atoms with Crippen molar-refractivity contribution in [3.05, 3.63) is 0 Å². The number of halogens is 1. The number of hydrogen-bond acceptors (Lipinski definition) is 3. The summed E-state index contributed by atoms with van der Waals surface area (Å²) < 4.78 is 0. The molecule has 1 atom stereocenters. The molecule has 0 spiro atoms. The van der Waals surface area contributed by atoms with E-state index in [-0.39, 0.29) is 36.8 Å². The molecule has 0 aromatic carbocycles. The molecule has 0 aromatic heterocycles. The largest absolute Gasteiger partial charge is 0.350 e. The van der Waals surface area contributed by atoms with E-state index in [1.807, 2.05) is 0 Å². The predicted octanol–water partition coefficient (Wildman–Crippen LogP) is 2.52. The molecule has 2 saturated carbocycles. The Morgan fingerprint density at radius 3 is 2.21 bits per heavy atom. The van der Waals surface area contributed by atoms with Crippen LogP contribution in [-0.4, -0.2) is 30.9 Å². The normalized spacial score (nSPS) is 20.2. The van der Waals surface area contributed by atoms with Gasteiger partial charge in [0.2, 0.25) is 11.8 Å². The summed E-state index contributed by atoms with van der Waals surface area (Å²) in [4.78, 5) is 23.9. The molecule has 0 aliphatic heterocycles. The number of nitrogens with one attached hydrogen (secondary N) is 2. The molecule has 0 saturated heterocycles. The van der Waals surface area contributed by atoms with E-state index >= 15 is 0 Å². The highest BCUT2D eigenvalue weighted by Gasteiger charge is 2.24. The average Bonchev–Trinajstić information content (AvgIpc) is 3.10. The van der Waals surface area contributed by atoms with Crippen molar-refractivity contribution >= 4 is 24.2 Å². The summed E-state index contributed by atoms with van der Waals surface area (Å²) in [5, 5.41) is 5.76. The van der Waals surface area contributed by atoms with E-state index in [1.165, 1.54) is 44.9 Å². The van der Waals surface area contributed by atoms with Gasteiger partial charge in [0.25, 0.3) is 0 Å². The molecule has 0 heterocycles. The lowest BCUT2D eigenvalue weighted by Gasteiger charge is -2.30. The Hall–Kier alpha value is -0.810. The van der Waals surface area contributed by atoms with Gasteiger partial charge in [-0.15, -0.1) is 12.4 Å². The maximum Gasteiger partial charge on any atom is 0.239 e. The summed E-state index contributed by atoms with van der Waals surface area (Å²) in [6, 6.07) is 0.0539. The fourth-order valence-corrected chi connectivity index (χ4v) is 4.07. The van der Waals surface area contributed by atoms with Crippen LogP contribution in [0.5, 0.6) is 0 Å². The lowest BCUT2D eigenvalue weighted by molar-refractivity contribution is -0.126. The van der Waals surface area contributed by atoms with Gasteiger partial charge < -0.3 is 16.4 Å². The van der Waals surface area contributed by atoms with Gasteiger partial charge >= 0.3 is 0 Å². The Kier molecular flexibility index (Phi) is 10.3. The summed E-state index contributed by atoms with van der Waals surface area (Å²) in [6.45, 7) is 0.554. The van der Waals surface area contributed by atoms with Crippen molar-refractivity contribution in [3.8, 4) is 0 Å². The Bertz CT molecular complexity index is 380. The minimum atomic E-state index is -0.111. The minimum Gasteiger partial charge on any atom is -0.350 e. The molecule has 140 valence electrons. The SMILES string of the molecule is Cl.NCC(NC(=O)CNC(=O)CCC1CCCC1)C1CCCCC1. The smallest absolute Gasteiger partial charge is 0.239 e. The third-order valence-corrected chi connectivity index (χ3v) is 5.52. The van der Waals surface area contributed by atoms with Crippen molar-refractivity contribution in [2.45, 2.75) is 76.7 Å². The van der Waals surface area contributed by atoms with E-state index in [4.69, 9.17) is 5.73 Å². The molecule has 0 radical (unpaired) electrons. The van der Waals surface area contributed by atoms with Crippen LogP contribution in [0.3, 0.4) is 0 Å². The van der Waals surface area contributed by atoms with E-state index in [0.717, 1.165) is 19.3 Å². The highest BCUT2D eigenvalue weighted by atomic mass is 35.5. The zero-order valence-electron chi connectivity index (χ0n) is 14.7. The molecular weight excluding hydrogens is 326 g/mol. The van der Waals surface area contributed by atoms with Crippen molar-refractivity contribution in [1.29, 1.82) is 0 Å². The first-order valence-corrected chi connectivity index (χ1v) is 9.45. The molecule has 6 heteroatoms. The number of amides is 2. The minimum absolute atomic E-state index is 0. The second-order valence-electron chi connectivity index (χ2n) is 7.27. The fourth-order valence-electron chi connectivity index (χ4n) is 4.07. The molecule has 0 aromatic rings. The van der Waals surface area contributed by atoms with Crippen LogP contribution in [0.1, 0.15) is 70.6 Å². The van der Waals surface area contributed by atoms with Gasteiger partial charge in [0.15, 0.2) is 0 Å². The van der Waals surface area contributed by atoms with Gasteiger partial charge in [-0.05, 0) is 31.1 Å². The van der Waals surface area contributed by atoms with Crippen LogP contribution in [-0.2, 0) is 9.59 Å². The lowest BCUT2D eigenvalue weighted by Crippen LogP contribution is -2.49. The number of carbonyl (C=O) groups excluding carboxylic acids is 2. The van der Waals surface area contributed by atoms with Crippen LogP contribution in [0.4, 0.5) is 0 Å². The zero-order chi connectivity index (χ0) is 16.5. The third-order valence-electron chi connectivity index (χ3n) is 5.52. The van der Waals surface area contributed by atoms with Crippen LogP contribution in [0.25, 0.3) is 0 Å². The zero-order valence-corrected chi connectivity index (χ0v) is 15.5. The average molecular weight is 360 g/mol. The highest BCUT2D eigenvalue weighted by molar-refractivity contribution is 5.85. The molecule has 5 nitrogen and oxygen atoms in total. The van der Waals surface area contributed by atoms with E-state index in [0.29, 0.717) is 24.8 Å². The lowest BCUT2D eigenvalue weighted by atomic mass is 9.84. The molecule has 4 N–H and O–H groups in total. The first-order valence-electron chi connectivity index (χ1n) is 9.45. The Morgan fingerprint density at radius 1 is 0.958 bits per heavy atom. The molecule has 2 fully saturated rings. The van der Waals surface area contributed by atoms with Gasteiger partial charge in [-0.25, -0.2) is 0 Å². The van der Waals surface area contributed by atoms with Crippen LogP contribution in [0.15, 0.2) is 0 Å². The Balaban J connectivity index is 0.00000288. The number of nitrogens with two attached hydrogens (primary N) is 1. The van der Waals surface area contributed by atoms with E-state index in [9.17, 15) is 9.59 Å². The molecule has 24 heavy (non-hydrogen) atoms.